The van der Waals surface area contributed by atoms with E-state index in [1.54, 1.807) is 11.8 Å². The van der Waals surface area contributed by atoms with E-state index in [1.807, 2.05) is 6.92 Å². The zero-order valence-electron chi connectivity index (χ0n) is 14.8. The zero-order chi connectivity index (χ0) is 18.0. The van der Waals surface area contributed by atoms with Crippen LogP contribution in [0.5, 0.6) is 0 Å². The van der Waals surface area contributed by atoms with Crippen LogP contribution in [-0.2, 0) is 25.8 Å². The fraction of sp³-hybridized carbons (Fsp3) is 0.611. The highest BCUT2D eigenvalue weighted by atomic mass is 32.2. The van der Waals surface area contributed by atoms with Crippen LogP contribution < -0.4 is 5.32 Å². The molecule has 0 aromatic heterocycles. The number of amides is 1. The molecule has 0 radical (unpaired) electrons. The molecular weight excluding hydrogens is 342 g/mol. The monoisotopic (exact) mass is 369 g/mol. The Morgan fingerprint density at radius 1 is 1.29 bits per heavy atom. The molecule has 0 saturated carbocycles. The maximum absolute atomic E-state index is 12.2. The number of nitrogens with one attached hydrogen (secondary N) is 1. The van der Waals surface area contributed by atoms with Gasteiger partial charge in [-0.05, 0) is 29.9 Å². The molecule has 0 spiro atoms. The molecular formula is C18H27NO3S2. The summed E-state index contributed by atoms with van der Waals surface area (Å²) in [5.74, 6) is 0.944. The highest BCUT2D eigenvalue weighted by Crippen LogP contribution is 2.24. The molecule has 134 valence electrons. The number of carbonyl (C=O) groups is 1. The molecule has 4 nitrogen and oxygen atoms in total. The van der Waals surface area contributed by atoms with Crippen LogP contribution in [0, 0.1) is 0 Å². The Labute approximate surface area is 149 Å². The highest BCUT2D eigenvalue weighted by molar-refractivity contribution is 7.99. The lowest BCUT2D eigenvalue weighted by atomic mass is 9.87. The van der Waals surface area contributed by atoms with Crippen LogP contribution in [0.3, 0.4) is 0 Å². The Hall–Kier alpha value is -1.01. The van der Waals surface area contributed by atoms with E-state index in [1.165, 1.54) is 11.1 Å². The standard InChI is InChI=1S/C18H27NO3S2/c1-13(17(20)19-16-9-10-24(21,22)12-16)23-11-14-5-7-15(8-6-14)18(2,3)4/h5-8,13,16H,9-12H2,1-4H3,(H,19,20). The Bertz CT molecular complexity index is 675. The Morgan fingerprint density at radius 2 is 1.92 bits per heavy atom. The van der Waals surface area contributed by atoms with E-state index in [-0.39, 0.29) is 34.1 Å². The summed E-state index contributed by atoms with van der Waals surface area (Å²) in [6.07, 6.45) is 0.528. The van der Waals surface area contributed by atoms with E-state index in [0.717, 1.165) is 5.75 Å². The molecule has 1 aromatic rings. The first-order valence-electron chi connectivity index (χ1n) is 8.29. The van der Waals surface area contributed by atoms with Crippen LogP contribution in [-0.4, -0.2) is 37.1 Å². The number of carbonyl (C=O) groups excluding carboxylic acids is 1. The summed E-state index contributed by atoms with van der Waals surface area (Å²) in [4.78, 5) is 12.2. The molecule has 24 heavy (non-hydrogen) atoms. The molecule has 6 heteroatoms. The number of benzene rings is 1. The van der Waals surface area contributed by atoms with Crippen molar-refractivity contribution in [3.8, 4) is 0 Å². The van der Waals surface area contributed by atoms with Gasteiger partial charge in [-0.3, -0.25) is 4.79 Å². The van der Waals surface area contributed by atoms with Gasteiger partial charge in [0.15, 0.2) is 9.84 Å². The smallest absolute Gasteiger partial charge is 0.233 e. The molecule has 2 rings (SSSR count). The summed E-state index contributed by atoms with van der Waals surface area (Å²) >= 11 is 1.57. The largest absolute Gasteiger partial charge is 0.351 e. The number of thioether (sulfide) groups is 1. The molecule has 1 saturated heterocycles. The van der Waals surface area contributed by atoms with Crippen LogP contribution in [0.25, 0.3) is 0 Å². The van der Waals surface area contributed by atoms with E-state index in [4.69, 9.17) is 0 Å². The highest BCUT2D eigenvalue weighted by Gasteiger charge is 2.30. The van der Waals surface area contributed by atoms with E-state index in [9.17, 15) is 13.2 Å². The second-order valence-electron chi connectivity index (χ2n) is 7.51. The van der Waals surface area contributed by atoms with Crippen LogP contribution in [0.2, 0.25) is 0 Å². The molecule has 1 aliphatic rings. The number of hydrogen-bond donors (Lipinski definition) is 1. The van der Waals surface area contributed by atoms with E-state index < -0.39 is 9.84 Å². The van der Waals surface area contributed by atoms with Crippen molar-refractivity contribution in [2.45, 2.75) is 56.6 Å². The van der Waals surface area contributed by atoms with E-state index in [2.05, 4.69) is 50.4 Å². The summed E-state index contributed by atoms with van der Waals surface area (Å²) < 4.78 is 22.9. The van der Waals surface area contributed by atoms with Gasteiger partial charge in [-0.25, -0.2) is 8.42 Å². The third-order valence-corrected chi connectivity index (χ3v) is 7.25. The predicted molar refractivity (Wildman–Crippen MR) is 101 cm³/mol. The van der Waals surface area contributed by atoms with Gasteiger partial charge >= 0.3 is 0 Å². The first-order chi connectivity index (χ1) is 11.1. The molecule has 1 fully saturated rings. The van der Waals surface area contributed by atoms with E-state index in [0.29, 0.717) is 6.42 Å². The minimum absolute atomic E-state index is 0.0738. The van der Waals surface area contributed by atoms with Crippen LogP contribution in [0.4, 0.5) is 0 Å². The van der Waals surface area contributed by atoms with Gasteiger partial charge in [0, 0.05) is 11.8 Å². The molecule has 1 amide bonds. The molecule has 0 bridgehead atoms. The fourth-order valence-electron chi connectivity index (χ4n) is 2.63. The van der Waals surface area contributed by atoms with E-state index >= 15 is 0 Å². The fourth-order valence-corrected chi connectivity index (χ4v) is 5.15. The lowest BCUT2D eigenvalue weighted by Crippen LogP contribution is -2.40. The van der Waals surface area contributed by atoms with Gasteiger partial charge in [-0.1, -0.05) is 45.0 Å². The topological polar surface area (TPSA) is 63.2 Å². The van der Waals surface area contributed by atoms with Crippen molar-refractivity contribution in [3.63, 3.8) is 0 Å². The predicted octanol–water partition coefficient (Wildman–Crippen LogP) is 2.91. The maximum atomic E-state index is 12.2. The van der Waals surface area contributed by atoms with Gasteiger partial charge in [0.2, 0.25) is 5.91 Å². The van der Waals surface area contributed by atoms with Crippen molar-refractivity contribution >= 4 is 27.5 Å². The normalized spacial score (nSPS) is 21.4. The number of rotatable bonds is 5. The van der Waals surface area contributed by atoms with Gasteiger partial charge < -0.3 is 5.32 Å². The minimum atomic E-state index is -2.96. The summed E-state index contributed by atoms with van der Waals surface area (Å²) in [5.41, 5.74) is 2.63. The second kappa shape index (κ2) is 7.48. The lowest BCUT2D eigenvalue weighted by Gasteiger charge is -2.19. The summed E-state index contributed by atoms with van der Waals surface area (Å²) in [7, 11) is -2.96. The van der Waals surface area contributed by atoms with Crippen molar-refractivity contribution < 1.29 is 13.2 Å². The zero-order valence-corrected chi connectivity index (χ0v) is 16.5. The minimum Gasteiger partial charge on any atom is -0.351 e. The Kier molecular flexibility index (Phi) is 6.02. The van der Waals surface area contributed by atoms with Gasteiger partial charge in [0.1, 0.15) is 0 Å². The summed E-state index contributed by atoms with van der Waals surface area (Å²) in [5, 5.41) is 2.66. The first-order valence-corrected chi connectivity index (χ1v) is 11.2. The van der Waals surface area contributed by atoms with Crippen molar-refractivity contribution in [1.82, 2.24) is 5.32 Å². The molecule has 1 aliphatic heterocycles. The molecule has 1 N–H and O–H groups in total. The third kappa shape index (κ3) is 5.52. The van der Waals surface area contributed by atoms with Crippen molar-refractivity contribution in [2.75, 3.05) is 11.5 Å². The Morgan fingerprint density at radius 3 is 2.42 bits per heavy atom. The van der Waals surface area contributed by atoms with Crippen LogP contribution in [0.1, 0.15) is 45.2 Å². The molecule has 2 unspecified atom stereocenters. The molecule has 1 aromatic carbocycles. The first kappa shape index (κ1) is 19.3. The molecule has 2 atom stereocenters. The molecule has 1 heterocycles. The third-order valence-electron chi connectivity index (χ3n) is 4.27. The number of sulfone groups is 1. The molecule has 0 aliphatic carbocycles. The summed E-state index contributed by atoms with van der Waals surface area (Å²) in [6, 6.07) is 8.29. The average molecular weight is 370 g/mol. The SMILES string of the molecule is CC(SCc1ccc(C(C)(C)C)cc1)C(=O)NC1CCS(=O)(=O)C1. The van der Waals surface area contributed by atoms with Gasteiger partial charge in [0.25, 0.3) is 0 Å². The van der Waals surface area contributed by atoms with Crippen LogP contribution in [0.15, 0.2) is 24.3 Å². The average Bonchev–Trinajstić information content (AvgIpc) is 2.83. The van der Waals surface area contributed by atoms with Crippen molar-refractivity contribution in [1.29, 1.82) is 0 Å². The lowest BCUT2D eigenvalue weighted by molar-refractivity contribution is -0.120. The van der Waals surface area contributed by atoms with Gasteiger partial charge in [-0.2, -0.15) is 0 Å². The van der Waals surface area contributed by atoms with Gasteiger partial charge in [0.05, 0.1) is 16.8 Å². The summed E-state index contributed by atoms with van der Waals surface area (Å²) in [6.45, 7) is 8.43. The van der Waals surface area contributed by atoms with Crippen molar-refractivity contribution in [2.24, 2.45) is 0 Å². The van der Waals surface area contributed by atoms with Crippen molar-refractivity contribution in [3.05, 3.63) is 35.4 Å². The number of hydrogen-bond acceptors (Lipinski definition) is 4. The quantitative estimate of drug-likeness (QED) is 0.867. The van der Waals surface area contributed by atoms with Crippen LogP contribution >= 0.6 is 11.8 Å². The second-order valence-corrected chi connectivity index (χ2v) is 11.1. The van der Waals surface area contributed by atoms with Gasteiger partial charge in [-0.15, -0.1) is 11.8 Å². The maximum Gasteiger partial charge on any atom is 0.233 e. The Balaban J connectivity index is 1.82.